The van der Waals surface area contributed by atoms with E-state index < -0.39 is 0 Å². The van der Waals surface area contributed by atoms with Gasteiger partial charge in [-0.05, 0) is 35.9 Å². The van der Waals surface area contributed by atoms with Crippen LogP contribution in [0.4, 0.5) is 5.69 Å². The lowest BCUT2D eigenvalue weighted by Crippen LogP contribution is -2.21. The Hall–Kier alpha value is -2.01. The van der Waals surface area contributed by atoms with Crippen molar-refractivity contribution in [3.05, 3.63) is 58.1 Å². The Morgan fingerprint density at radius 2 is 1.86 bits per heavy atom. The number of anilines is 1. The van der Waals surface area contributed by atoms with Gasteiger partial charge in [0.25, 0.3) is 5.91 Å². The highest BCUT2D eigenvalue weighted by molar-refractivity contribution is 9.10. The summed E-state index contributed by atoms with van der Waals surface area (Å²) in [5.74, 6) is 0.495. The third-order valence-corrected chi connectivity index (χ3v) is 3.50. The van der Waals surface area contributed by atoms with Crippen LogP contribution < -0.4 is 10.5 Å². The molecule has 0 unspecified atom stereocenters. The fourth-order valence-electron chi connectivity index (χ4n) is 1.81. The first kappa shape index (κ1) is 15.4. The van der Waals surface area contributed by atoms with Crippen LogP contribution in [0.5, 0.6) is 5.75 Å². The number of halogens is 1. The quantitative estimate of drug-likeness (QED) is 0.862. The van der Waals surface area contributed by atoms with Crippen LogP contribution in [0.2, 0.25) is 0 Å². The van der Waals surface area contributed by atoms with E-state index in [1.807, 2.05) is 24.3 Å². The Morgan fingerprint density at radius 3 is 2.43 bits per heavy atom. The van der Waals surface area contributed by atoms with Gasteiger partial charge in [0.05, 0.1) is 5.69 Å². The standard InChI is InChI=1S/C16H17BrN2O2/c1-19(2)16(20)12-5-8-15(14(18)9-12)21-10-11-3-6-13(17)7-4-11/h3-9H,10,18H2,1-2H3. The molecular weight excluding hydrogens is 332 g/mol. The monoisotopic (exact) mass is 348 g/mol. The maximum Gasteiger partial charge on any atom is 0.253 e. The summed E-state index contributed by atoms with van der Waals surface area (Å²) in [6, 6.07) is 13.0. The van der Waals surface area contributed by atoms with Crippen LogP contribution in [-0.2, 0) is 6.61 Å². The van der Waals surface area contributed by atoms with Crippen molar-refractivity contribution < 1.29 is 9.53 Å². The lowest BCUT2D eigenvalue weighted by atomic mass is 10.1. The van der Waals surface area contributed by atoms with Crippen molar-refractivity contribution in [2.24, 2.45) is 0 Å². The van der Waals surface area contributed by atoms with E-state index in [9.17, 15) is 4.79 Å². The second-order valence-corrected chi connectivity index (χ2v) is 5.78. The summed E-state index contributed by atoms with van der Waals surface area (Å²) in [5.41, 5.74) is 8.00. The molecule has 0 aliphatic carbocycles. The zero-order valence-electron chi connectivity index (χ0n) is 12.0. The number of nitrogens with zero attached hydrogens (tertiary/aromatic N) is 1. The topological polar surface area (TPSA) is 55.6 Å². The molecule has 2 N–H and O–H groups in total. The number of amides is 1. The number of carbonyl (C=O) groups excluding carboxylic acids is 1. The van der Waals surface area contributed by atoms with Crippen LogP contribution in [0.15, 0.2) is 46.9 Å². The lowest BCUT2D eigenvalue weighted by Gasteiger charge is -2.13. The minimum atomic E-state index is -0.0823. The Morgan fingerprint density at radius 1 is 1.19 bits per heavy atom. The van der Waals surface area contributed by atoms with Gasteiger partial charge in [-0.2, -0.15) is 0 Å². The van der Waals surface area contributed by atoms with Crippen LogP contribution in [0.3, 0.4) is 0 Å². The van der Waals surface area contributed by atoms with Gasteiger partial charge in [-0.1, -0.05) is 28.1 Å². The summed E-state index contributed by atoms with van der Waals surface area (Å²) in [7, 11) is 3.41. The van der Waals surface area contributed by atoms with Crippen molar-refractivity contribution in [1.29, 1.82) is 0 Å². The predicted octanol–water partition coefficient (Wildman–Crippen LogP) is 3.31. The molecule has 2 rings (SSSR count). The average molecular weight is 349 g/mol. The highest BCUT2D eigenvalue weighted by Gasteiger charge is 2.10. The van der Waals surface area contributed by atoms with E-state index in [0.29, 0.717) is 23.6 Å². The molecule has 2 aromatic rings. The van der Waals surface area contributed by atoms with Gasteiger partial charge in [0.2, 0.25) is 0 Å². The predicted molar refractivity (Wildman–Crippen MR) is 87.3 cm³/mol. The van der Waals surface area contributed by atoms with Gasteiger partial charge in [0, 0.05) is 24.1 Å². The van der Waals surface area contributed by atoms with Crippen LogP contribution in [0, 0.1) is 0 Å². The number of benzene rings is 2. The van der Waals surface area contributed by atoms with Gasteiger partial charge in [-0.15, -0.1) is 0 Å². The van der Waals surface area contributed by atoms with E-state index in [-0.39, 0.29) is 5.91 Å². The van der Waals surface area contributed by atoms with Gasteiger partial charge in [-0.25, -0.2) is 0 Å². The minimum absolute atomic E-state index is 0.0823. The molecule has 21 heavy (non-hydrogen) atoms. The first-order valence-corrected chi connectivity index (χ1v) is 7.25. The Labute approximate surface area is 132 Å². The molecule has 0 aliphatic heterocycles. The zero-order valence-corrected chi connectivity index (χ0v) is 13.6. The van der Waals surface area contributed by atoms with E-state index in [1.165, 1.54) is 4.90 Å². The van der Waals surface area contributed by atoms with Gasteiger partial charge in [0.1, 0.15) is 12.4 Å². The maximum atomic E-state index is 11.8. The molecule has 0 aromatic heterocycles. The summed E-state index contributed by atoms with van der Waals surface area (Å²) in [5, 5.41) is 0. The molecule has 0 aliphatic rings. The Bertz CT molecular complexity index is 639. The zero-order chi connectivity index (χ0) is 15.4. The summed E-state index contributed by atoms with van der Waals surface area (Å²) in [6.07, 6.45) is 0. The van der Waals surface area contributed by atoms with Crippen molar-refractivity contribution in [3.8, 4) is 5.75 Å². The van der Waals surface area contributed by atoms with E-state index in [4.69, 9.17) is 10.5 Å². The molecule has 0 bridgehead atoms. The van der Waals surface area contributed by atoms with Crippen molar-refractivity contribution in [2.45, 2.75) is 6.61 Å². The lowest BCUT2D eigenvalue weighted by molar-refractivity contribution is 0.0827. The number of hydrogen-bond donors (Lipinski definition) is 1. The van der Waals surface area contributed by atoms with Crippen LogP contribution >= 0.6 is 15.9 Å². The number of nitrogen functional groups attached to an aromatic ring is 1. The third kappa shape index (κ3) is 3.98. The third-order valence-electron chi connectivity index (χ3n) is 2.97. The number of nitrogens with two attached hydrogens (primary N) is 1. The second-order valence-electron chi connectivity index (χ2n) is 4.87. The molecule has 0 spiro atoms. The number of rotatable bonds is 4. The molecule has 5 heteroatoms. The van der Waals surface area contributed by atoms with Crippen molar-refractivity contribution >= 4 is 27.5 Å². The number of hydrogen-bond acceptors (Lipinski definition) is 3. The van der Waals surface area contributed by atoms with Gasteiger partial charge < -0.3 is 15.4 Å². The molecule has 0 saturated carbocycles. The normalized spacial score (nSPS) is 10.2. The fraction of sp³-hybridized carbons (Fsp3) is 0.188. The molecule has 2 aromatic carbocycles. The van der Waals surface area contributed by atoms with Crippen LogP contribution in [-0.4, -0.2) is 24.9 Å². The second kappa shape index (κ2) is 6.63. The molecule has 4 nitrogen and oxygen atoms in total. The summed E-state index contributed by atoms with van der Waals surface area (Å²) >= 11 is 3.39. The van der Waals surface area contributed by atoms with Gasteiger partial charge in [0.15, 0.2) is 0 Å². The molecule has 0 atom stereocenters. The summed E-state index contributed by atoms with van der Waals surface area (Å²) in [6.45, 7) is 0.429. The molecule has 0 radical (unpaired) electrons. The summed E-state index contributed by atoms with van der Waals surface area (Å²) in [4.78, 5) is 13.4. The molecule has 0 saturated heterocycles. The van der Waals surface area contributed by atoms with Crippen molar-refractivity contribution in [3.63, 3.8) is 0 Å². The Balaban J connectivity index is 2.07. The molecule has 1 amide bonds. The largest absolute Gasteiger partial charge is 0.487 e. The van der Waals surface area contributed by atoms with Crippen LogP contribution in [0.1, 0.15) is 15.9 Å². The van der Waals surface area contributed by atoms with E-state index in [1.54, 1.807) is 32.3 Å². The SMILES string of the molecule is CN(C)C(=O)c1ccc(OCc2ccc(Br)cc2)c(N)c1. The van der Waals surface area contributed by atoms with E-state index in [2.05, 4.69) is 15.9 Å². The maximum absolute atomic E-state index is 11.8. The van der Waals surface area contributed by atoms with Crippen LogP contribution in [0.25, 0.3) is 0 Å². The van der Waals surface area contributed by atoms with E-state index >= 15 is 0 Å². The molecular formula is C16H17BrN2O2. The first-order valence-electron chi connectivity index (χ1n) is 6.46. The first-order chi connectivity index (χ1) is 9.97. The van der Waals surface area contributed by atoms with Gasteiger partial charge in [-0.3, -0.25) is 4.79 Å². The minimum Gasteiger partial charge on any atom is -0.487 e. The molecule has 0 heterocycles. The highest BCUT2D eigenvalue weighted by Crippen LogP contribution is 2.24. The van der Waals surface area contributed by atoms with Crippen molar-refractivity contribution in [1.82, 2.24) is 4.90 Å². The number of ether oxygens (including phenoxy) is 1. The smallest absolute Gasteiger partial charge is 0.253 e. The molecule has 0 fully saturated rings. The van der Waals surface area contributed by atoms with Crippen molar-refractivity contribution in [2.75, 3.05) is 19.8 Å². The summed E-state index contributed by atoms with van der Waals surface area (Å²) < 4.78 is 6.72. The van der Waals surface area contributed by atoms with Gasteiger partial charge >= 0.3 is 0 Å². The fourth-order valence-corrected chi connectivity index (χ4v) is 2.08. The Kier molecular flexibility index (Phi) is 4.85. The number of carbonyl (C=O) groups is 1. The highest BCUT2D eigenvalue weighted by atomic mass is 79.9. The van der Waals surface area contributed by atoms with E-state index in [0.717, 1.165) is 10.0 Å². The average Bonchev–Trinajstić information content (AvgIpc) is 2.46. The molecule has 110 valence electrons.